The van der Waals surface area contributed by atoms with Crippen LogP contribution in [0.2, 0.25) is 0 Å². The predicted molar refractivity (Wildman–Crippen MR) is 94.6 cm³/mol. The molecule has 2 aromatic carbocycles. The lowest BCUT2D eigenvalue weighted by molar-refractivity contribution is 0.00638. The molecule has 130 valence electrons. The summed E-state index contributed by atoms with van der Waals surface area (Å²) in [5.41, 5.74) is 1.05. The van der Waals surface area contributed by atoms with Crippen LogP contribution < -0.4 is 0 Å². The fourth-order valence-electron chi connectivity index (χ4n) is 3.54. The summed E-state index contributed by atoms with van der Waals surface area (Å²) in [5.74, 6) is -1.42. The molecule has 4 heteroatoms. The van der Waals surface area contributed by atoms with E-state index >= 15 is 0 Å². The maximum Gasteiger partial charge on any atom is 0.339 e. The molecular formula is C21H22O4. The maximum atomic E-state index is 12.7. The van der Waals surface area contributed by atoms with Gasteiger partial charge in [-0.3, -0.25) is 0 Å². The van der Waals surface area contributed by atoms with Gasteiger partial charge >= 0.3 is 11.9 Å². The van der Waals surface area contributed by atoms with E-state index in [2.05, 4.69) is 0 Å². The van der Waals surface area contributed by atoms with Gasteiger partial charge in [-0.05, 0) is 30.5 Å². The number of hydrogen-bond acceptors (Lipinski definition) is 3. The molecule has 1 aliphatic carbocycles. The Morgan fingerprint density at radius 1 is 0.880 bits per heavy atom. The largest absolute Gasteiger partial charge is 0.478 e. The Balaban J connectivity index is 1.87. The Morgan fingerprint density at radius 2 is 1.48 bits per heavy atom. The molecule has 4 nitrogen and oxygen atoms in total. The van der Waals surface area contributed by atoms with Crippen LogP contribution in [0.4, 0.5) is 0 Å². The van der Waals surface area contributed by atoms with Crippen LogP contribution in [0.3, 0.4) is 0 Å². The molecule has 1 N–H and O–H groups in total. The van der Waals surface area contributed by atoms with Crippen molar-refractivity contribution in [1.82, 2.24) is 0 Å². The van der Waals surface area contributed by atoms with E-state index in [-0.39, 0.29) is 23.1 Å². The first-order chi connectivity index (χ1) is 12.2. The minimum absolute atomic E-state index is 0.0250. The van der Waals surface area contributed by atoms with E-state index in [4.69, 9.17) is 4.74 Å². The van der Waals surface area contributed by atoms with Gasteiger partial charge in [0, 0.05) is 5.92 Å². The van der Waals surface area contributed by atoms with Crippen LogP contribution in [-0.4, -0.2) is 17.0 Å². The van der Waals surface area contributed by atoms with Crippen LogP contribution >= 0.6 is 0 Å². The molecule has 1 aliphatic rings. The van der Waals surface area contributed by atoms with E-state index in [0.717, 1.165) is 31.2 Å². The topological polar surface area (TPSA) is 63.6 Å². The van der Waals surface area contributed by atoms with Gasteiger partial charge in [0.1, 0.15) is 6.10 Å². The summed E-state index contributed by atoms with van der Waals surface area (Å²) in [6, 6.07) is 15.9. The molecule has 0 bridgehead atoms. The number of ether oxygens (including phenoxy) is 1. The summed E-state index contributed by atoms with van der Waals surface area (Å²) in [7, 11) is 0. The molecular weight excluding hydrogens is 316 g/mol. The molecule has 3 rings (SSSR count). The number of rotatable bonds is 5. The van der Waals surface area contributed by atoms with E-state index in [0.29, 0.717) is 0 Å². The van der Waals surface area contributed by atoms with Gasteiger partial charge in [0.05, 0.1) is 11.1 Å². The monoisotopic (exact) mass is 338 g/mol. The summed E-state index contributed by atoms with van der Waals surface area (Å²) in [6.07, 6.45) is 5.19. The molecule has 1 atom stereocenters. The van der Waals surface area contributed by atoms with Gasteiger partial charge in [0.2, 0.25) is 0 Å². The quantitative estimate of drug-likeness (QED) is 0.791. The fourth-order valence-corrected chi connectivity index (χ4v) is 3.54. The van der Waals surface area contributed by atoms with Crippen molar-refractivity contribution in [1.29, 1.82) is 0 Å². The molecule has 0 saturated heterocycles. The van der Waals surface area contributed by atoms with Gasteiger partial charge in [-0.25, -0.2) is 9.59 Å². The minimum atomic E-state index is -1.12. The molecule has 1 saturated carbocycles. The number of aromatic carboxylic acids is 1. The average molecular weight is 338 g/mol. The van der Waals surface area contributed by atoms with E-state index in [1.165, 1.54) is 18.6 Å². The highest BCUT2D eigenvalue weighted by Gasteiger charge is 2.29. The Bertz CT molecular complexity index is 733. The number of carboxylic acids is 1. The smallest absolute Gasteiger partial charge is 0.339 e. The van der Waals surface area contributed by atoms with Crippen LogP contribution in [0.5, 0.6) is 0 Å². The van der Waals surface area contributed by atoms with Crippen molar-refractivity contribution < 1.29 is 19.4 Å². The Morgan fingerprint density at radius 3 is 2.12 bits per heavy atom. The predicted octanol–water partition coefficient (Wildman–Crippen LogP) is 4.86. The van der Waals surface area contributed by atoms with Crippen molar-refractivity contribution in [3.63, 3.8) is 0 Å². The van der Waals surface area contributed by atoms with Crippen molar-refractivity contribution in [3.05, 3.63) is 71.3 Å². The first-order valence-electron chi connectivity index (χ1n) is 8.75. The van der Waals surface area contributed by atoms with Gasteiger partial charge in [-0.2, -0.15) is 0 Å². The van der Waals surface area contributed by atoms with Gasteiger partial charge in [0.15, 0.2) is 0 Å². The zero-order valence-electron chi connectivity index (χ0n) is 14.1. The molecule has 0 unspecified atom stereocenters. The highest BCUT2D eigenvalue weighted by Crippen LogP contribution is 2.37. The van der Waals surface area contributed by atoms with Crippen molar-refractivity contribution in [2.45, 2.75) is 38.2 Å². The average Bonchev–Trinajstić information content (AvgIpc) is 2.67. The van der Waals surface area contributed by atoms with E-state index < -0.39 is 11.9 Å². The summed E-state index contributed by atoms with van der Waals surface area (Å²) in [4.78, 5) is 24.1. The number of benzene rings is 2. The van der Waals surface area contributed by atoms with Gasteiger partial charge in [-0.15, -0.1) is 0 Å². The highest BCUT2D eigenvalue weighted by molar-refractivity contribution is 6.02. The second-order valence-corrected chi connectivity index (χ2v) is 6.49. The Hall–Kier alpha value is -2.62. The van der Waals surface area contributed by atoms with Crippen molar-refractivity contribution in [2.75, 3.05) is 0 Å². The standard InChI is InChI=1S/C21H22O4/c22-20(23)17-13-7-8-14-18(17)21(24)25-19(15-9-3-1-4-10-15)16-11-5-2-6-12-16/h1,3-4,7-10,13-14,16,19H,2,5-6,11-12H2,(H,22,23)/t19-/m1/s1. The second-order valence-electron chi connectivity index (χ2n) is 6.49. The van der Waals surface area contributed by atoms with Gasteiger partial charge in [-0.1, -0.05) is 61.7 Å². The Labute approximate surface area is 147 Å². The molecule has 2 aromatic rings. The molecule has 0 amide bonds. The molecule has 0 aliphatic heterocycles. The molecule has 25 heavy (non-hydrogen) atoms. The number of carbonyl (C=O) groups excluding carboxylic acids is 1. The lowest BCUT2D eigenvalue weighted by atomic mass is 9.82. The SMILES string of the molecule is O=C(O)c1ccccc1C(=O)O[C@H](c1ccccc1)C1CCCCC1. The summed E-state index contributed by atoms with van der Waals surface area (Å²) in [5, 5.41) is 9.31. The zero-order chi connectivity index (χ0) is 17.6. The molecule has 0 spiro atoms. The lowest BCUT2D eigenvalue weighted by Crippen LogP contribution is -2.23. The van der Waals surface area contributed by atoms with Crippen molar-refractivity contribution in [3.8, 4) is 0 Å². The van der Waals surface area contributed by atoms with Crippen LogP contribution in [0.25, 0.3) is 0 Å². The third-order valence-corrected chi connectivity index (χ3v) is 4.82. The number of carboxylic acid groups (broad SMARTS) is 1. The van der Waals surface area contributed by atoms with Gasteiger partial charge in [0.25, 0.3) is 0 Å². The molecule has 0 heterocycles. The third-order valence-electron chi connectivity index (χ3n) is 4.82. The van der Waals surface area contributed by atoms with Crippen LogP contribution in [0.15, 0.2) is 54.6 Å². The first-order valence-corrected chi connectivity index (χ1v) is 8.75. The third kappa shape index (κ3) is 4.08. The molecule has 1 fully saturated rings. The van der Waals surface area contributed by atoms with E-state index in [9.17, 15) is 14.7 Å². The number of esters is 1. The summed E-state index contributed by atoms with van der Waals surface area (Å²) >= 11 is 0. The first kappa shape index (κ1) is 17.2. The normalized spacial score (nSPS) is 16.2. The zero-order valence-corrected chi connectivity index (χ0v) is 14.1. The van der Waals surface area contributed by atoms with Gasteiger partial charge < -0.3 is 9.84 Å². The minimum Gasteiger partial charge on any atom is -0.478 e. The van der Waals surface area contributed by atoms with E-state index in [1.807, 2.05) is 30.3 Å². The number of hydrogen-bond donors (Lipinski definition) is 1. The number of carbonyl (C=O) groups is 2. The maximum absolute atomic E-state index is 12.7. The second kappa shape index (κ2) is 7.97. The summed E-state index contributed by atoms with van der Waals surface area (Å²) < 4.78 is 5.85. The van der Waals surface area contributed by atoms with Crippen LogP contribution in [0, 0.1) is 5.92 Å². The lowest BCUT2D eigenvalue weighted by Gasteiger charge is -2.30. The van der Waals surface area contributed by atoms with E-state index in [1.54, 1.807) is 12.1 Å². The van der Waals surface area contributed by atoms with Crippen molar-refractivity contribution in [2.24, 2.45) is 5.92 Å². The molecule has 0 aromatic heterocycles. The Kier molecular flexibility index (Phi) is 5.49. The highest BCUT2D eigenvalue weighted by atomic mass is 16.5. The van der Waals surface area contributed by atoms with Crippen LogP contribution in [0.1, 0.15) is 64.5 Å². The molecule has 0 radical (unpaired) electrons. The van der Waals surface area contributed by atoms with Crippen molar-refractivity contribution >= 4 is 11.9 Å². The van der Waals surface area contributed by atoms with Crippen LogP contribution in [-0.2, 0) is 4.74 Å². The summed E-state index contributed by atoms with van der Waals surface area (Å²) in [6.45, 7) is 0. The fraction of sp³-hybridized carbons (Fsp3) is 0.333.